The van der Waals surface area contributed by atoms with Crippen molar-refractivity contribution in [3.63, 3.8) is 0 Å². The monoisotopic (exact) mass is 330 g/mol. The lowest BCUT2D eigenvalue weighted by atomic mass is 10.1. The molecule has 0 bridgehead atoms. The van der Waals surface area contributed by atoms with Gasteiger partial charge >= 0.3 is 5.97 Å². The summed E-state index contributed by atoms with van der Waals surface area (Å²) in [6.45, 7) is 2.94. The molecule has 3 rings (SSSR count). The number of morpholine rings is 1. The second-order valence-corrected chi connectivity index (χ2v) is 5.67. The topological polar surface area (TPSA) is 97.6 Å². The molecule has 2 heterocycles. The van der Waals surface area contributed by atoms with E-state index in [-0.39, 0.29) is 18.9 Å². The molecule has 8 nitrogen and oxygen atoms in total. The minimum atomic E-state index is -0.944. The Kier molecular flexibility index (Phi) is 4.57. The third-order valence-corrected chi connectivity index (χ3v) is 4.01. The average molecular weight is 330 g/mol. The number of carboxylic acid groups (broad SMARTS) is 1. The molecule has 126 valence electrons. The first kappa shape index (κ1) is 16.1. The molecule has 1 saturated heterocycles. The number of aliphatic carboxylic acids is 1. The van der Waals surface area contributed by atoms with Crippen LogP contribution in [0, 0.1) is 6.92 Å². The highest BCUT2D eigenvalue weighted by Gasteiger charge is 2.30. The zero-order chi connectivity index (χ0) is 17.1. The Labute approximate surface area is 138 Å². The van der Waals surface area contributed by atoms with E-state index in [4.69, 9.17) is 9.84 Å². The van der Waals surface area contributed by atoms with Gasteiger partial charge in [0.15, 0.2) is 0 Å². The highest BCUT2D eigenvalue weighted by molar-refractivity contribution is 5.95. The Morgan fingerprint density at radius 1 is 1.42 bits per heavy atom. The minimum Gasteiger partial charge on any atom is -0.481 e. The van der Waals surface area contributed by atoms with Crippen molar-refractivity contribution in [2.75, 3.05) is 19.8 Å². The van der Waals surface area contributed by atoms with Crippen LogP contribution in [0.4, 0.5) is 0 Å². The van der Waals surface area contributed by atoms with Crippen LogP contribution in [0.25, 0.3) is 5.69 Å². The van der Waals surface area contributed by atoms with Crippen molar-refractivity contribution in [3.8, 4) is 5.69 Å². The van der Waals surface area contributed by atoms with Crippen LogP contribution < -0.4 is 0 Å². The minimum absolute atomic E-state index is 0.123. The van der Waals surface area contributed by atoms with Crippen molar-refractivity contribution in [2.24, 2.45) is 0 Å². The predicted octanol–water partition coefficient (Wildman–Crippen LogP) is 0.891. The normalized spacial score (nSPS) is 17.7. The summed E-state index contributed by atoms with van der Waals surface area (Å²) >= 11 is 0. The van der Waals surface area contributed by atoms with Gasteiger partial charge in [-0.3, -0.25) is 9.59 Å². The van der Waals surface area contributed by atoms with E-state index in [0.717, 1.165) is 11.3 Å². The Morgan fingerprint density at radius 2 is 2.25 bits per heavy atom. The Bertz CT molecular complexity index is 745. The molecule has 24 heavy (non-hydrogen) atoms. The van der Waals surface area contributed by atoms with E-state index in [0.29, 0.717) is 18.7 Å². The number of aryl methyl sites for hydroxylation is 1. The SMILES string of the molecule is Cc1cc(C(=O)N2CCOC[C@H]2CC(=O)O)ccc1-n1cncn1. The van der Waals surface area contributed by atoms with Crippen molar-refractivity contribution in [1.82, 2.24) is 19.7 Å². The van der Waals surface area contributed by atoms with Gasteiger partial charge in [0, 0.05) is 12.1 Å². The van der Waals surface area contributed by atoms with Gasteiger partial charge in [0.2, 0.25) is 0 Å². The lowest BCUT2D eigenvalue weighted by Crippen LogP contribution is -2.49. The molecule has 1 aromatic heterocycles. The molecule has 0 spiro atoms. The summed E-state index contributed by atoms with van der Waals surface area (Å²) in [5, 5.41) is 13.1. The Hall–Kier alpha value is -2.74. The van der Waals surface area contributed by atoms with Gasteiger partial charge < -0.3 is 14.7 Å². The fourth-order valence-corrected chi connectivity index (χ4v) is 2.84. The summed E-state index contributed by atoms with van der Waals surface area (Å²) in [5.74, 6) is -1.13. The number of benzene rings is 1. The first-order valence-corrected chi connectivity index (χ1v) is 7.62. The molecule has 8 heteroatoms. The standard InChI is InChI=1S/C16H18N4O4/c1-11-6-12(2-3-14(11)20-10-17-9-18-20)16(23)19-4-5-24-8-13(19)7-15(21)22/h2-3,6,9-10,13H,4-5,7-8H2,1H3,(H,21,22)/t13-/m1/s1. The van der Waals surface area contributed by atoms with Gasteiger partial charge in [-0.05, 0) is 30.7 Å². The molecule has 2 aromatic rings. The number of hydrogen-bond donors (Lipinski definition) is 1. The Balaban J connectivity index is 1.83. The van der Waals surface area contributed by atoms with E-state index in [1.54, 1.807) is 28.0 Å². The number of ether oxygens (including phenoxy) is 1. The number of amides is 1. The number of carbonyl (C=O) groups excluding carboxylic acids is 1. The van der Waals surface area contributed by atoms with Crippen LogP contribution in [0.15, 0.2) is 30.9 Å². The predicted molar refractivity (Wildman–Crippen MR) is 84.0 cm³/mol. The van der Waals surface area contributed by atoms with Crippen molar-refractivity contribution in [2.45, 2.75) is 19.4 Å². The zero-order valence-electron chi connectivity index (χ0n) is 13.3. The highest BCUT2D eigenvalue weighted by atomic mass is 16.5. The number of hydrogen-bond acceptors (Lipinski definition) is 5. The molecule has 0 unspecified atom stereocenters. The molecule has 0 aliphatic carbocycles. The molecule has 1 N–H and O–H groups in total. The van der Waals surface area contributed by atoms with Crippen LogP contribution in [0.1, 0.15) is 22.3 Å². The van der Waals surface area contributed by atoms with Gasteiger partial charge in [-0.25, -0.2) is 9.67 Å². The summed E-state index contributed by atoms with van der Waals surface area (Å²) in [6, 6.07) is 4.87. The molecule has 1 fully saturated rings. The van der Waals surface area contributed by atoms with E-state index >= 15 is 0 Å². The lowest BCUT2D eigenvalue weighted by Gasteiger charge is -2.35. The van der Waals surface area contributed by atoms with Crippen LogP contribution in [0.3, 0.4) is 0 Å². The summed E-state index contributed by atoms with van der Waals surface area (Å²) < 4.78 is 6.95. The largest absolute Gasteiger partial charge is 0.481 e. The number of carbonyl (C=O) groups is 2. The third-order valence-electron chi connectivity index (χ3n) is 4.01. The van der Waals surface area contributed by atoms with Gasteiger partial charge in [0.25, 0.3) is 5.91 Å². The first-order chi connectivity index (χ1) is 11.6. The van der Waals surface area contributed by atoms with Gasteiger partial charge in [0.05, 0.1) is 31.4 Å². The average Bonchev–Trinajstić information content (AvgIpc) is 3.08. The van der Waals surface area contributed by atoms with Gasteiger partial charge in [-0.1, -0.05) is 0 Å². The smallest absolute Gasteiger partial charge is 0.305 e. The first-order valence-electron chi connectivity index (χ1n) is 7.62. The van der Waals surface area contributed by atoms with Crippen molar-refractivity contribution >= 4 is 11.9 Å². The van der Waals surface area contributed by atoms with Crippen LogP contribution >= 0.6 is 0 Å². The Morgan fingerprint density at radius 3 is 2.92 bits per heavy atom. The molecule has 1 atom stereocenters. The molecule has 0 radical (unpaired) electrons. The molecule has 1 aromatic carbocycles. The molecule has 1 amide bonds. The van der Waals surface area contributed by atoms with Gasteiger partial charge in [-0.2, -0.15) is 5.10 Å². The fourth-order valence-electron chi connectivity index (χ4n) is 2.84. The molecular weight excluding hydrogens is 312 g/mol. The summed E-state index contributed by atoms with van der Waals surface area (Å²) in [6.07, 6.45) is 2.92. The summed E-state index contributed by atoms with van der Waals surface area (Å²) in [5.41, 5.74) is 2.25. The van der Waals surface area contributed by atoms with E-state index < -0.39 is 12.0 Å². The zero-order valence-corrected chi connectivity index (χ0v) is 13.3. The summed E-state index contributed by atoms with van der Waals surface area (Å²) in [7, 11) is 0. The maximum absolute atomic E-state index is 12.8. The van der Waals surface area contributed by atoms with E-state index in [1.165, 1.54) is 6.33 Å². The van der Waals surface area contributed by atoms with Crippen LogP contribution in [0.2, 0.25) is 0 Å². The van der Waals surface area contributed by atoms with E-state index in [2.05, 4.69) is 10.1 Å². The summed E-state index contributed by atoms with van der Waals surface area (Å²) in [4.78, 5) is 29.3. The molecular formula is C16H18N4O4. The van der Waals surface area contributed by atoms with Crippen molar-refractivity contribution in [3.05, 3.63) is 42.0 Å². The van der Waals surface area contributed by atoms with Gasteiger partial charge in [0.1, 0.15) is 12.7 Å². The highest BCUT2D eigenvalue weighted by Crippen LogP contribution is 2.19. The molecule has 0 saturated carbocycles. The number of aromatic nitrogens is 3. The third kappa shape index (κ3) is 3.28. The molecule has 1 aliphatic rings. The number of carboxylic acids is 1. The van der Waals surface area contributed by atoms with Crippen LogP contribution in [-0.4, -0.2) is 62.4 Å². The maximum atomic E-state index is 12.8. The van der Waals surface area contributed by atoms with Crippen LogP contribution in [-0.2, 0) is 9.53 Å². The van der Waals surface area contributed by atoms with Gasteiger partial charge in [-0.15, -0.1) is 0 Å². The van der Waals surface area contributed by atoms with Crippen molar-refractivity contribution < 1.29 is 19.4 Å². The number of rotatable bonds is 4. The number of nitrogens with zero attached hydrogens (tertiary/aromatic N) is 4. The lowest BCUT2D eigenvalue weighted by molar-refractivity contribution is -0.139. The van der Waals surface area contributed by atoms with E-state index in [9.17, 15) is 9.59 Å². The molecule has 1 aliphatic heterocycles. The quantitative estimate of drug-likeness (QED) is 0.894. The fraction of sp³-hybridized carbons (Fsp3) is 0.375. The second kappa shape index (κ2) is 6.79. The van der Waals surface area contributed by atoms with Crippen molar-refractivity contribution in [1.29, 1.82) is 0 Å². The second-order valence-electron chi connectivity index (χ2n) is 5.67. The van der Waals surface area contributed by atoms with E-state index in [1.807, 2.05) is 13.0 Å². The van der Waals surface area contributed by atoms with Crippen LogP contribution in [0.5, 0.6) is 0 Å². The maximum Gasteiger partial charge on any atom is 0.305 e.